The van der Waals surface area contributed by atoms with Gasteiger partial charge in [0.05, 0.1) is 19.7 Å². The number of fused-ring (bicyclic) bond motifs is 1. The second-order valence-electron chi connectivity index (χ2n) is 5.56. The lowest BCUT2D eigenvalue weighted by Gasteiger charge is -2.20. The monoisotopic (exact) mass is 375 g/mol. The number of rotatable bonds is 1. The molecule has 1 heterocycles. The zero-order chi connectivity index (χ0) is 15.4. The van der Waals surface area contributed by atoms with Crippen molar-refractivity contribution in [3.8, 4) is 0 Å². The van der Waals surface area contributed by atoms with Crippen LogP contribution in [0.4, 0.5) is 0 Å². The maximum atomic E-state index is 6.19. The molecule has 0 bridgehead atoms. The van der Waals surface area contributed by atoms with Crippen molar-refractivity contribution in [2.24, 2.45) is 11.5 Å². The predicted molar refractivity (Wildman–Crippen MR) is 87.5 cm³/mol. The van der Waals surface area contributed by atoms with E-state index in [4.69, 9.17) is 16.2 Å². The molecule has 2 aromatic rings. The van der Waals surface area contributed by atoms with Crippen molar-refractivity contribution in [1.29, 1.82) is 0 Å². The summed E-state index contributed by atoms with van der Waals surface area (Å²) < 4.78 is 8.20. The molecular weight excluding hydrogens is 354 g/mol. The van der Waals surface area contributed by atoms with Crippen LogP contribution < -0.4 is 28.4 Å². The standard InChI is InChI=1S/C18H21N3O.BrH/c19-18(20)21-11-6-12-22-17(14-7-2-1-3-8-14)16-10-5-4-9-15(16)13-21;/h1-5,7-10,17H,6,11-13H2,(H3,19,20);1H. The molecule has 0 fully saturated rings. The molecule has 1 aliphatic heterocycles. The van der Waals surface area contributed by atoms with Gasteiger partial charge >= 0.3 is 5.96 Å². The number of hydrogen-bond donors (Lipinski definition) is 2. The minimum Gasteiger partial charge on any atom is -1.00 e. The molecule has 0 aliphatic carbocycles. The van der Waals surface area contributed by atoms with E-state index in [1.54, 1.807) is 0 Å². The van der Waals surface area contributed by atoms with E-state index in [9.17, 15) is 0 Å². The summed E-state index contributed by atoms with van der Waals surface area (Å²) in [5.41, 5.74) is 15.2. The molecule has 0 amide bonds. The van der Waals surface area contributed by atoms with Gasteiger partial charge in [0.1, 0.15) is 6.10 Å². The quantitative estimate of drug-likeness (QED) is 0.495. The van der Waals surface area contributed by atoms with Crippen LogP contribution in [0.1, 0.15) is 29.2 Å². The predicted octanol–water partition coefficient (Wildman–Crippen LogP) is -1.01. The van der Waals surface area contributed by atoms with E-state index in [0.29, 0.717) is 19.1 Å². The Balaban J connectivity index is 0.00000192. The Morgan fingerprint density at radius 1 is 1.00 bits per heavy atom. The summed E-state index contributed by atoms with van der Waals surface area (Å²) in [7, 11) is 0. The van der Waals surface area contributed by atoms with Gasteiger partial charge in [-0.15, -0.1) is 0 Å². The average molecular weight is 376 g/mol. The molecule has 2 aromatic carbocycles. The lowest BCUT2D eigenvalue weighted by molar-refractivity contribution is -0.546. The summed E-state index contributed by atoms with van der Waals surface area (Å²) in [5.74, 6) is 0.368. The molecule has 122 valence electrons. The average Bonchev–Trinajstić information content (AvgIpc) is 2.64. The van der Waals surface area contributed by atoms with Crippen LogP contribution in [0.3, 0.4) is 0 Å². The van der Waals surface area contributed by atoms with E-state index < -0.39 is 0 Å². The van der Waals surface area contributed by atoms with Crippen LogP contribution in [-0.2, 0) is 11.3 Å². The number of halogens is 1. The first kappa shape index (κ1) is 17.5. The molecule has 0 aromatic heterocycles. The maximum absolute atomic E-state index is 6.19. The minimum atomic E-state index is -0.0450. The van der Waals surface area contributed by atoms with E-state index in [1.165, 1.54) is 16.7 Å². The smallest absolute Gasteiger partial charge is 0.341 e. The van der Waals surface area contributed by atoms with Gasteiger partial charge in [-0.3, -0.25) is 16.0 Å². The largest absolute Gasteiger partial charge is 1.00 e. The molecule has 23 heavy (non-hydrogen) atoms. The summed E-state index contributed by atoms with van der Waals surface area (Å²) in [4.78, 5) is 0. The lowest BCUT2D eigenvalue weighted by Crippen LogP contribution is -3.00. The van der Waals surface area contributed by atoms with E-state index in [1.807, 2.05) is 28.8 Å². The van der Waals surface area contributed by atoms with Crippen LogP contribution >= 0.6 is 0 Å². The SMILES string of the molecule is NC(N)=[N+]1CCCOC(c2ccccc2)c2ccccc2C1.[Br-]. The summed E-state index contributed by atoms with van der Waals surface area (Å²) in [6.07, 6.45) is 0.853. The second kappa shape index (κ2) is 8.13. The number of benzene rings is 2. The second-order valence-corrected chi connectivity index (χ2v) is 5.56. The van der Waals surface area contributed by atoms with Crippen molar-refractivity contribution in [3.63, 3.8) is 0 Å². The highest BCUT2D eigenvalue weighted by molar-refractivity contribution is 5.70. The molecule has 1 unspecified atom stereocenters. The van der Waals surface area contributed by atoms with Gasteiger partial charge in [-0.2, -0.15) is 0 Å². The van der Waals surface area contributed by atoms with Crippen LogP contribution in [0, 0.1) is 0 Å². The van der Waals surface area contributed by atoms with Crippen molar-refractivity contribution in [2.75, 3.05) is 13.2 Å². The summed E-state index contributed by atoms with van der Waals surface area (Å²) >= 11 is 0. The van der Waals surface area contributed by atoms with Crippen molar-refractivity contribution in [2.45, 2.75) is 19.1 Å². The highest BCUT2D eigenvalue weighted by atomic mass is 79.9. The molecule has 1 aliphatic rings. The molecule has 5 heteroatoms. The topological polar surface area (TPSA) is 64.3 Å². The van der Waals surface area contributed by atoms with Crippen molar-refractivity contribution in [1.82, 2.24) is 0 Å². The Morgan fingerprint density at radius 2 is 1.70 bits per heavy atom. The van der Waals surface area contributed by atoms with Crippen LogP contribution in [-0.4, -0.2) is 23.7 Å². The fourth-order valence-corrected chi connectivity index (χ4v) is 2.89. The first-order valence-corrected chi connectivity index (χ1v) is 7.63. The van der Waals surface area contributed by atoms with E-state index in [2.05, 4.69) is 30.3 Å². The van der Waals surface area contributed by atoms with Gasteiger partial charge < -0.3 is 21.7 Å². The minimum absolute atomic E-state index is 0. The summed E-state index contributed by atoms with van der Waals surface area (Å²) in [5, 5.41) is 0. The molecule has 3 rings (SSSR count). The van der Waals surface area contributed by atoms with Gasteiger partial charge in [0, 0.05) is 6.42 Å². The van der Waals surface area contributed by atoms with Gasteiger partial charge in [-0.1, -0.05) is 54.6 Å². The normalized spacial score (nSPS) is 17.9. The summed E-state index contributed by atoms with van der Waals surface area (Å²) in [6.45, 7) is 2.20. The Bertz CT molecular complexity index is 669. The fraction of sp³-hybridized carbons (Fsp3) is 0.278. The number of ether oxygens (including phenoxy) is 1. The zero-order valence-electron chi connectivity index (χ0n) is 13.0. The van der Waals surface area contributed by atoms with E-state index in [0.717, 1.165) is 13.0 Å². The van der Waals surface area contributed by atoms with Crippen LogP contribution in [0.2, 0.25) is 0 Å². The molecule has 0 spiro atoms. The Morgan fingerprint density at radius 3 is 2.43 bits per heavy atom. The maximum Gasteiger partial charge on any atom is 0.341 e. The van der Waals surface area contributed by atoms with Gasteiger partial charge in [0.2, 0.25) is 0 Å². The van der Waals surface area contributed by atoms with E-state index >= 15 is 0 Å². The molecule has 0 saturated carbocycles. The first-order chi connectivity index (χ1) is 10.8. The van der Waals surface area contributed by atoms with E-state index in [-0.39, 0.29) is 23.1 Å². The first-order valence-electron chi connectivity index (χ1n) is 7.63. The van der Waals surface area contributed by atoms with Crippen LogP contribution in [0.15, 0.2) is 54.6 Å². The molecule has 4 nitrogen and oxygen atoms in total. The van der Waals surface area contributed by atoms with Crippen LogP contribution in [0.25, 0.3) is 0 Å². The number of nitrogens with two attached hydrogens (primary N) is 2. The molecule has 0 saturated heterocycles. The Kier molecular flexibility index (Phi) is 6.19. The molecule has 1 atom stereocenters. The number of nitrogens with zero attached hydrogens (tertiary/aromatic N) is 1. The van der Waals surface area contributed by atoms with Crippen molar-refractivity contribution >= 4 is 5.96 Å². The third kappa shape index (κ3) is 4.12. The zero-order valence-corrected chi connectivity index (χ0v) is 14.6. The van der Waals surface area contributed by atoms with Gasteiger partial charge in [0.25, 0.3) is 0 Å². The van der Waals surface area contributed by atoms with Crippen LogP contribution in [0.5, 0.6) is 0 Å². The fourth-order valence-electron chi connectivity index (χ4n) is 2.89. The number of guanidine groups is 1. The third-order valence-electron chi connectivity index (χ3n) is 4.02. The highest BCUT2D eigenvalue weighted by Gasteiger charge is 2.21. The molecular formula is C18H22BrN3O. The number of hydrogen-bond acceptors (Lipinski definition) is 1. The molecule has 0 radical (unpaired) electrons. The third-order valence-corrected chi connectivity index (χ3v) is 4.02. The summed E-state index contributed by atoms with van der Waals surface area (Å²) in [6, 6.07) is 18.7. The Labute approximate surface area is 147 Å². The molecule has 4 N–H and O–H groups in total. The highest BCUT2D eigenvalue weighted by Crippen LogP contribution is 2.30. The van der Waals surface area contributed by atoms with Gasteiger partial charge in [-0.25, -0.2) is 0 Å². The van der Waals surface area contributed by atoms with Gasteiger partial charge in [0.15, 0.2) is 0 Å². The van der Waals surface area contributed by atoms with Crippen molar-refractivity contribution in [3.05, 3.63) is 71.3 Å². The van der Waals surface area contributed by atoms with Gasteiger partial charge in [-0.05, 0) is 16.7 Å². The lowest BCUT2D eigenvalue weighted by atomic mass is 9.96. The Hall–Kier alpha value is -1.85. The van der Waals surface area contributed by atoms with Crippen molar-refractivity contribution < 1.29 is 26.3 Å².